The first-order chi connectivity index (χ1) is 10.6. The number of aryl methyl sites for hydroxylation is 1. The Kier molecular flexibility index (Phi) is 6.10. The summed E-state index contributed by atoms with van der Waals surface area (Å²) < 4.78 is 0. The lowest BCUT2D eigenvalue weighted by atomic mass is 10.1. The Bertz CT molecular complexity index is 622. The van der Waals surface area contributed by atoms with E-state index in [0.29, 0.717) is 0 Å². The van der Waals surface area contributed by atoms with Crippen molar-refractivity contribution in [1.29, 1.82) is 0 Å². The predicted octanol–water partition coefficient (Wildman–Crippen LogP) is 3.59. The van der Waals surface area contributed by atoms with Gasteiger partial charge >= 0.3 is 0 Å². The molecule has 0 aliphatic heterocycles. The molecule has 0 spiro atoms. The maximum absolute atomic E-state index is 11.7. The number of carbonyl (C=O) groups is 1. The van der Waals surface area contributed by atoms with Crippen LogP contribution in [0.4, 0.5) is 5.69 Å². The summed E-state index contributed by atoms with van der Waals surface area (Å²) in [6.07, 6.45) is 0.988. The van der Waals surface area contributed by atoms with Crippen LogP contribution in [0.2, 0.25) is 0 Å². The van der Waals surface area contributed by atoms with Gasteiger partial charge in [-0.05, 0) is 24.1 Å². The van der Waals surface area contributed by atoms with Gasteiger partial charge in [0.25, 0.3) is 0 Å². The number of anilines is 1. The number of aromatic nitrogens is 1. The second kappa shape index (κ2) is 8.06. The molecule has 0 aliphatic carbocycles. The van der Waals surface area contributed by atoms with E-state index in [2.05, 4.69) is 34.0 Å². The summed E-state index contributed by atoms with van der Waals surface area (Å²) in [4.78, 5) is 16.3. The Morgan fingerprint density at radius 1 is 1.32 bits per heavy atom. The first-order valence-electron chi connectivity index (χ1n) is 7.62. The summed E-state index contributed by atoms with van der Waals surface area (Å²) >= 11 is 1.71. The first kappa shape index (κ1) is 16.6. The molecule has 0 aliphatic rings. The molecule has 2 aromatic rings. The Hall–Kier alpha value is -1.72. The third-order valence-electron chi connectivity index (χ3n) is 3.26. The molecule has 0 unspecified atom stereocenters. The number of carbonyl (C=O) groups excluding carboxylic acids is 1. The van der Waals surface area contributed by atoms with Crippen molar-refractivity contribution in [3.05, 3.63) is 45.9 Å². The standard InChI is InChI=1S/C17H23N3OS/c1-4-16-19-15(11-22-16)10-18-9-13-6-5-7-14(8-13)20-17(21)12(2)3/h5-8,11-12,18H,4,9-10H2,1-3H3,(H,20,21). The van der Waals surface area contributed by atoms with Crippen molar-refractivity contribution in [3.63, 3.8) is 0 Å². The fourth-order valence-corrected chi connectivity index (χ4v) is 2.72. The molecule has 0 bridgehead atoms. The van der Waals surface area contributed by atoms with E-state index in [4.69, 9.17) is 0 Å². The van der Waals surface area contributed by atoms with Crippen LogP contribution >= 0.6 is 11.3 Å². The van der Waals surface area contributed by atoms with E-state index in [-0.39, 0.29) is 11.8 Å². The van der Waals surface area contributed by atoms with Gasteiger partial charge in [-0.25, -0.2) is 4.98 Å². The third-order valence-corrected chi connectivity index (χ3v) is 4.30. The number of thiazole rings is 1. The monoisotopic (exact) mass is 317 g/mol. The van der Waals surface area contributed by atoms with E-state index < -0.39 is 0 Å². The summed E-state index contributed by atoms with van der Waals surface area (Å²) in [7, 11) is 0. The molecular formula is C17H23N3OS. The van der Waals surface area contributed by atoms with Gasteiger partial charge in [-0.2, -0.15) is 0 Å². The van der Waals surface area contributed by atoms with Crippen LogP contribution in [0.3, 0.4) is 0 Å². The molecule has 22 heavy (non-hydrogen) atoms. The van der Waals surface area contributed by atoms with Gasteiger partial charge in [0.1, 0.15) is 0 Å². The number of hydrogen-bond acceptors (Lipinski definition) is 4. The zero-order valence-electron chi connectivity index (χ0n) is 13.3. The van der Waals surface area contributed by atoms with Crippen molar-refractivity contribution in [1.82, 2.24) is 10.3 Å². The molecule has 5 heteroatoms. The molecule has 0 saturated carbocycles. The van der Waals surface area contributed by atoms with Gasteiger partial charge in [-0.15, -0.1) is 11.3 Å². The van der Waals surface area contributed by atoms with Crippen LogP contribution in [0.5, 0.6) is 0 Å². The molecule has 1 aromatic heterocycles. The second-order valence-corrected chi connectivity index (χ2v) is 6.48. The summed E-state index contributed by atoms with van der Waals surface area (Å²) in [5.74, 6) is 0.0267. The van der Waals surface area contributed by atoms with Crippen molar-refractivity contribution >= 4 is 22.9 Å². The summed E-state index contributed by atoms with van der Waals surface area (Å²) in [6.45, 7) is 7.41. The molecule has 0 saturated heterocycles. The predicted molar refractivity (Wildman–Crippen MR) is 91.9 cm³/mol. The van der Waals surface area contributed by atoms with Crippen LogP contribution in [-0.2, 0) is 24.3 Å². The second-order valence-electron chi connectivity index (χ2n) is 5.53. The maximum Gasteiger partial charge on any atom is 0.226 e. The smallest absolute Gasteiger partial charge is 0.226 e. The quantitative estimate of drug-likeness (QED) is 0.820. The van der Waals surface area contributed by atoms with Crippen molar-refractivity contribution in [2.24, 2.45) is 5.92 Å². The molecule has 118 valence electrons. The normalized spacial score (nSPS) is 10.9. The van der Waals surface area contributed by atoms with Crippen molar-refractivity contribution in [2.45, 2.75) is 40.3 Å². The Morgan fingerprint density at radius 2 is 2.14 bits per heavy atom. The van der Waals surface area contributed by atoms with E-state index in [1.165, 1.54) is 5.01 Å². The lowest BCUT2D eigenvalue weighted by Gasteiger charge is -2.09. The van der Waals surface area contributed by atoms with Crippen LogP contribution in [0.1, 0.15) is 37.0 Å². The van der Waals surface area contributed by atoms with Gasteiger partial charge < -0.3 is 10.6 Å². The summed E-state index contributed by atoms with van der Waals surface area (Å²) in [5.41, 5.74) is 3.08. The van der Waals surface area contributed by atoms with Gasteiger partial charge in [0, 0.05) is 30.1 Å². The molecule has 2 rings (SSSR count). The summed E-state index contributed by atoms with van der Waals surface area (Å²) in [6, 6.07) is 7.94. The lowest BCUT2D eigenvalue weighted by molar-refractivity contribution is -0.118. The van der Waals surface area contributed by atoms with Gasteiger partial charge in [0.15, 0.2) is 0 Å². The fraction of sp³-hybridized carbons (Fsp3) is 0.412. The number of hydrogen-bond donors (Lipinski definition) is 2. The van der Waals surface area contributed by atoms with Crippen LogP contribution in [0.15, 0.2) is 29.6 Å². The van der Waals surface area contributed by atoms with Crippen LogP contribution < -0.4 is 10.6 Å². The number of nitrogens with zero attached hydrogens (tertiary/aromatic N) is 1. The highest BCUT2D eigenvalue weighted by molar-refractivity contribution is 7.09. The number of nitrogens with one attached hydrogen (secondary N) is 2. The van der Waals surface area contributed by atoms with Gasteiger partial charge in [-0.3, -0.25) is 4.79 Å². The minimum absolute atomic E-state index is 0.0146. The zero-order valence-corrected chi connectivity index (χ0v) is 14.2. The van der Waals surface area contributed by atoms with Gasteiger partial charge in [0.2, 0.25) is 5.91 Å². The van der Waals surface area contributed by atoms with E-state index >= 15 is 0 Å². The highest BCUT2D eigenvalue weighted by Gasteiger charge is 2.07. The SMILES string of the molecule is CCc1nc(CNCc2cccc(NC(=O)C(C)C)c2)cs1. The minimum atomic E-state index is -0.0146. The van der Waals surface area contributed by atoms with E-state index in [1.54, 1.807) is 11.3 Å². The molecule has 0 atom stereocenters. The average Bonchev–Trinajstić information content (AvgIpc) is 2.95. The highest BCUT2D eigenvalue weighted by atomic mass is 32.1. The van der Waals surface area contributed by atoms with Crippen molar-refractivity contribution in [2.75, 3.05) is 5.32 Å². The third kappa shape index (κ3) is 4.93. The highest BCUT2D eigenvalue weighted by Crippen LogP contribution is 2.13. The topological polar surface area (TPSA) is 54.0 Å². The average molecular weight is 317 g/mol. The molecule has 2 N–H and O–H groups in total. The summed E-state index contributed by atoms with van der Waals surface area (Å²) in [5, 5.41) is 9.59. The van der Waals surface area contributed by atoms with Crippen molar-refractivity contribution in [3.8, 4) is 0 Å². The van der Waals surface area contributed by atoms with Crippen LogP contribution in [-0.4, -0.2) is 10.9 Å². The Morgan fingerprint density at radius 3 is 2.82 bits per heavy atom. The Balaban J connectivity index is 1.86. The lowest BCUT2D eigenvalue weighted by Crippen LogP contribution is -2.18. The van der Waals surface area contributed by atoms with E-state index in [0.717, 1.165) is 36.5 Å². The number of amides is 1. The van der Waals surface area contributed by atoms with Crippen LogP contribution in [0, 0.1) is 5.92 Å². The van der Waals surface area contributed by atoms with Crippen molar-refractivity contribution < 1.29 is 4.79 Å². The maximum atomic E-state index is 11.7. The molecule has 1 aromatic carbocycles. The molecule has 4 nitrogen and oxygen atoms in total. The molecule has 1 heterocycles. The largest absolute Gasteiger partial charge is 0.326 e. The number of rotatable bonds is 7. The number of benzene rings is 1. The molecular weight excluding hydrogens is 294 g/mol. The van der Waals surface area contributed by atoms with Crippen LogP contribution in [0.25, 0.3) is 0 Å². The molecule has 1 amide bonds. The first-order valence-corrected chi connectivity index (χ1v) is 8.50. The van der Waals surface area contributed by atoms with E-state index in [9.17, 15) is 4.79 Å². The Labute approximate surface area is 136 Å². The van der Waals surface area contributed by atoms with Gasteiger partial charge in [-0.1, -0.05) is 32.9 Å². The van der Waals surface area contributed by atoms with E-state index in [1.807, 2.05) is 32.0 Å². The fourth-order valence-electron chi connectivity index (χ4n) is 1.97. The van der Waals surface area contributed by atoms with Gasteiger partial charge in [0.05, 0.1) is 10.7 Å². The molecule has 0 radical (unpaired) electrons. The minimum Gasteiger partial charge on any atom is -0.326 e. The zero-order chi connectivity index (χ0) is 15.9. The molecule has 0 fully saturated rings.